The van der Waals surface area contributed by atoms with Crippen molar-refractivity contribution in [2.45, 2.75) is 19.8 Å². The molecule has 4 heterocycles. The second-order valence-electron chi connectivity index (χ2n) is 7.15. The number of pyridine rings is 1. The molecule has 0 spiro atoms. The quantitative estimate of drug-likeness (QED) is 0.822. The van der Waals surface area contributed by atoms with Gasteiger partial charge in [0, 0.05) is 69.0 Å². The lowest BCUT2D eigenvalue weighted by Gasteiger charge is -2.36. The first-order valence-electron chi connectivity index (χ1n) is 9.65. The monoisotopic (exact) mass is 353 g/mol. The van der Waals surface area contributed by atoms with Gasteiger partial charge in [0.25, 0.3) is 0 Å². The maximum atomic E-state index is 5.51. The van der Waals surface area contributed by atoms with Crippen LogP contribution >= 0.6 is 0 Å². The summed E-state index contributed by atoms with van der Waals surface area (Å²) in [4.78, 5) is 18.6. The van der Waals surface area contributed by atoms with E-state index in [2.05, 4.69) is 27.8 Å². The van der Waals surface area contributed by atoms with E-state index in [9.17, 15) is 0 Å². The van der Waals surface area contributed by atoms with Crippen LogP contribution in [0.4, 0.5) is 5.82 Å². The zero-order valence-electron chi connectivity index (χ0n) is 15.5. The average molecular weight is 353 g/mol. The summed E-state index contributed by atoms with van der Waals surface area (Å²) in [6.45, 7) is 9.39. The van der Waals surface area contributed by atoms with Gasteiger partial charge < -0.3 is 9.64 Å². The fourth-order valence-electron chi connectivity index (χ4n) is 3.71. The number of anilines is 1. The minimum Gasteiger partial charge on any atom is -0.381 e. The number of piperazine rings is 1. The van der Waals surface area contributed by atoms with E-state index in [4.69, 9.17) is 14.7 Å². The van der Waals surface area contributed by atoms with Gasteiger partial charge in [-0.2, -0.15) is 0 Å². The molecule has 6 nitrogen and oxygen atoms in total. The Morgan fingerprint density at radius 2 is 1.92 bits per heavy atom. The van der Waals surface area contributed by atoms with E-state index in [0.717, 1.165) is 68.7 Å². The van der Waals surface area contributed by atoms with Crippen LogP contribution in [0, 0.1) is 5.92 Å². The van der Waals surface area contributed by atoms with E-state index in [1.165, 1.54) is 13.0 Å². The molecule has 0 aliphatic carbocycles. The topological polar surface area (TPSA) is 54.4 Å². The number of nitrogens with zero attached hydrogens (tertiary/aromatic N) is 5. The highest BCUT2D eigenvalue weighted by Crippen LogP contribution is 2.22. The summed E-state index contributed by atoms with van der Waals surface area (Å²) in [5.41, 5.74) is 2.11. The Morgan fingerprint density at radius 1 is 1.12 bits per heavy atom. The molecule has 6 heteroatoms. The van der Waals surface area contributed by atoms with E-state index >= 15 is 0 Å². The lowest BCUT2D eigenvalue weighted by atomic mass is 10.1. The number of hydrogen-bond donors (Lipinski definition) is 0. The fraction of sp³-hybridized carbons (Fsp3) is 0.550. The summed E-state index contributed by atoms with van der Waals surface area (Å²) in [7, 11) is 0. The Morgan fingerprint density at radius 3 is 2.62 bits per heavy atom. The summed E-state index contributed by atoms with van der Waals surface area (Å²) in [6, 6.07) is 6.09. The van der Waals surface area contributed by atoms with Crippen LogP contribution < -0.4 is 4.90 Å². The van der Waals surface area contributed by atoms with Gasteiger partial charge in [-0.1, -0.05) is 6.92 Å². The molecule has 1 atom stereocenters. The molecule has 1 unspecified atom stereocenters. The van der Waals surface area contributed by atoms with E-state index < -0.39 is 0 Å². The lowest BCUT2D eigenvalue weighted by molar-refractivity contribution is 0.164. The van der Waals surface area contributed by atoms with Crippen LogP contribution in [-0.4, -0.2) is 65.8 Å². The molecule has 0 bridgehead atoms. The maximum absolute atomic E-state index is 5.51. The van der Waals surface area contributed by atoms with Gasteiger partial charge in [-0.15, -0.1) is 0 Å². The SMILES string of the molecule is CCc1cc(N2CCN(CC3CCOC3)CC2)nc(-c2ccncc2)n1. The van der Waals surface area contributed by atoms with Gasteiger partial charge in [-0.3, -0.25) is 9.88 Å². The normalized spacial score (nSPS) is 21.3. The highest BCUT2D eigenvalue weighted by molar-refractivity contribution is 5.57. The molecule has 2 aliphatic rings. The van der Waals surface area contributed by atoms with Crippen molar-refractivity contribution in [3.63, 3.8) is 0 Å². The molecule has 2 fully saturated rings. The van der Waals surface area contributed by atoms with Gasteiger partial charge in [-0.05, 0) is 30.9 Å². The number of aryl methyl sites for hydroxylation is 1. The summed E-state index contributed by atoms with van der Waals surface area (Å²) >= 11 is 0. The van der Waals surface area contributed by atoms with E-state index in [1.54, 1.807) is 12.4 Å². The van der Waals surface area contributed by atoms with Crippen molar-refractivity contribution in [2.24, 2.45) is 5.92 Å². The van der Waals surface area contributed by atoms with Crippen LogP contribution in [0.25, 0.3) is 11.4 Å². The van der Waals surface area contributed by atoms with Gasteiger partial charge >= 0.3 is 0 Å². The largest absolute Gasteiger partial charge is 0.381 e. The molecular weight excluding hydrogens is 326 g/mol. The van der Waals surface area contributed by atoms with Gasteiger partial charge in [0.05, 0.1) is 6.61 Å². The Bertz CT molecular complexity index is 709. The zero-order valence-corrected chi connectivity index (χ0v) is 15.5. The Balaban J connectivity index is 1.46. The van der Waals surface area contributed by atoms with E-state index in [1.807, 2.05) is 12.1 Å². The first kappa shape index (κ1) is 17.4. The molecule has 0 saturated carbocycles. The standard InChI is InChI=1S/C20H27N5O/c1-2-18-13-19(23-20(22-18)17-3-6-21-7-4-17)25-10-8-24(9-11-25)14-16-5-12-26-15-16/h3-4,6-7,13,16H,2,5,8-12,14-15H2,1H3. The molecule has 0 aromatic carbocycles. The summed E-state index contributed by atoms with van der Waals surface area (Å²) in [6.07, 6.45) is 5.71. The molecule has 0 amide bonds. The van der Waals surface area contributed by atoms with Crippen LogP contribution in [0.2, 0.25) is 0 Å². The summed E-state index contributed by atoms with van der Waals surface area (Å²) < 4.78 is 5.51. The fourth-order valence-corrected chi connectivity index (χ4v) is 3.71. The van der Waals surface area contributed by atoms with Gasteiger partial charge in [0.1, 0.15) is 5.82 Å². The summed E-state index contributed by atoms with van der Waals surface area (Å²) in [5, 5.41) is 0. The third kappa shape index (κ3) is 4.02. The van der Waals surface area contributed by atoms with Crippen LogP contribution in [0.3, 0.4) is 0 Å². The van der Waals surface area contributed by atoms with Crippen molar-refractivity contribution in [1.82, 2.24) is 19.9 Å². The molecule has 4 rings (SSSR count). The Hall–Kier alpha value is -2.05. The van der Waals surface area contributed by atoms with Crippen molar-refractivity contribution in [3.8, 4) is 11.4 Å². The van der Waals surface area contributed by atoms with Crippen molar-refractivity contribution in [1.29, 1.82) is 0 Å². The molecule has 138 valence electrons. The van der Waals surface area contributed by atoms with Crippen molar-refractivity contribution >= 4 is 5.82 Å². The van der Waals surface area contributed by atoms with Crippen molar-refractivity contribution in [3.05, 3.63) is 36.3 Å². The zero-order chi connectivity index (χ0) is 17.8. The molecule has 2 aromatic rings. The maximum Gasteiger partial charge on any atom is 0.161 e. The van der Waals surface area contributed by atoms with Gasteiger partial charge in [0.15, 0.2) is 5.82 Å². The minimum absolute atomic E-state index is 0.714. The smallest absolute Gasteiger partial charge is 0.161 e. The van der Waals surface area contributed by atoms with Crippen LogP contribution in [0.15, 0.2) is 30.6 Å². The third-order valence-corrected chi connectivity index (χ3v) is 5.30. The predicted molar refractivity (Wildman–Crippen MR) is 102 cm³/mol. The Labute approximate surface area is 155 Å². The molecule has 0 radical (unpaired) electrons. The molecule has 2 aliphatic heterocycles. The second-order valence-corrected chi connectivity index (χ2v) is 7.15. The van der Waals surface area contributed by atoms with Crippen molar-refractivity contribution < 1.29 is 4.74 Å². The predicted octanol–water partition coefficient (Wildman–Crippen LogP) is 2.26. The Kier molecular flexibility index (Phi) is 5.41. The summed E-state index contributed by atoms with van der Waals surface area (Å²) in [5.74, 6) is 2.56. The number of ether oxygens (including phenoxy) is 1. The lowest BCUT2D eigenvalue weighted by Crippen LogP contribution is -2.48. The van der Waals surface area contributed by atoms with Gasteiger partial charge in [0.2, 0.25) is 0 Å². The van der Waals surface area contributed by atoms with Gasteiger partial charge in [-0.25, -0.2) is 9.97 Å². The highest BCUT2D eigenvalue weighted by atomic mass is 16.5. The molecule has 0 N–H and O–H groups in total. The van der Waals surface area contributed by atoms with Crippen LogP contribution in [-0.2, 0) is 11.2 Å². The highest BCUT2D eigenvalue weighted by Gasteiger charge is 2.23. The third-order valence-electron chi connectivity index (χ3n) is 5.30. The molecule has 2 aromatic heterocycles. The number of rotatable bonds is 5. The first-order chi connectivity index (χ1) is 12.8. The second kappa shape index (κ2) is 8.10. The average Bonchev–Trinajstić information content (AvgIpc) is 3.22. The minimum atomic E-state index is 0.714. The molecule has 2 saturated heterocycles. The van der Waals surface area contributed by atoms with E-state index in [-0.39, 0.29) is 0 Å². The number of aromatic nitrogens is 3. The van der Waals surface area contributed by atoms with Crippen LogP contribution in [0.5, 0.6) is 0 Å². The van der Waals surface area contributed by atoms with E-state index in [0.29, 0.717) is 5.92 Å². The van der Waals surface area contributed by atoms with Crippen LogP contribution in [0.1, 0.15) is 19.0 Å². The first-order valence-corrected chi connectivity index (χ1v) is 9.65. The number of hydrogen-bond acceptors (Lipinski definition) is 6. The molecule has 26 heavy (non-hydrogen) atoms. The molecular formula is C20H27N5O. The van der Waals surface area contributed by atoms with Crippen molar-refractivity contribution in [2.75, 3.05) is 50.8 Å².